The van der Waals surface area contributed by atoms with Crippen LogP contribution >= 0.6 is 0 Å². The first kappa shape index (κ1) is 35.3. The summed E-state index contributed by atoms with van der Waals surface area (Å²) in [7, 11) is 0. The molecule has 51 heavy (non-hydrogen) atoms. The minimum Gasteiger partial charge on any atom is -0.311 e. The normalized spacial score (nSPS) is 12.1. The van der Waals surface area contributed by atoms with Crippen molar-refractivity contribution in [3.63, 3.8) is 0 Å². The maximum Gasteiger partial charge on any atom is 0.411 e. The molecule has 8 heteroatoms. The summed E-state index contributed by atoms with van der Waals surface area (Å²) in [4.78, 5) is 3.59. The Bertz CT molecular complexity index is 1820. The largest absolute Gasteiger partial charge is 0.411 e. The van der Waals surface area contributed by atoms with Gasteiger partial charge in [0.15, 0.2) is 0 Å². The van der Waals surface area contributed by atoms with Crippen molar-refractivity contribution in [2.24, 2.45) is 0 Å². The van der Waals surface area contributed by atoms with Gasteiger partial charge < -0.3 is 9.80 Å². The molecule has 260 valence electrons. The zero-order valence-electron chi connectivity index (χ0n) is 28.5. The summed E-state index contributed by atoms with van der Waals surface area (Å²) in [6.45, 7) is 7.71. The van der Waals surface area contributed by atoms with E-state index in [1.807, 2.05) is 125 Å². The molecule has 0 aromatic heterocycles. The second-order valence-electron chi connectivity index (χ2n) is 12.9. The van der Waals surface area contributed by atoms with Gasteiger partial charge in [0.25, 0.3) is 0 Å². The first-order chi connectivity index (χ1) is 24.2. The van der Waals surface area contributed by atoms with Gasteiger partial charge >= 0.3 is 12.4 Å². The third-order valence-electron chi connectivity index (χ3n) is 9.14. The van der Waals surface area contributed by atoms with E-state index in [1.165, 1.54) is 24.3 Å². The summed E-state index contributed by atoms with van der Waals surface area (Å²) >= 11 is 0. The number of hydrogen-bond donors (Lipinski definition) is 0. The summed E-state index contributed by atoms with van der Waals surface area (Å²) in [5.41, 5.74) is 1.50. The number of anilines is 6. The lowest BCUT2D eigenvalue weighted by molar-refractivity contribution is -0.288. The van der Waals surface area contributed by atoms with Crippen LogP contribution in [0.15, 0.2) is 146 Å². The Morgan fingerprint density at radius 2 is 0.471 bits per heavy atom. The molecular formula is C43H36F6N2. The van der Waals surface area contributed by atoms with E-state index in [0.29, 0.717) is 34.1 Å². The van der Waals surface area contributed by atoms with Crippen LogP contribution in [0.5, 0.6) is 0 Å². The highest BCUT2D eigenvalue weighted by atomic mass is 19.4. The van der Waals surface area contributed by atoms with Crippen LogP contribution in [-0.4, -0.2) is 12.4 Å². The quantitative estimate of drug-likeness (QED) is 0.146. The molecule has 6 aromatic carbocycles. The molecule has 0 saturated heterocycles. The lowest BCUT2D eigenvalue weighted by Gasteiger charge is -2.39. The van der Waals surface area contributed by atoms with E-state index in [1.54, 1.807) is 9.80 Å². The van der Waals surface area contributed by atoms with Crippen molar-refractivity contribution in [2.75, 3.05) is 9.80 Å². The summed E-state index contributed by atoms with van der Waals surface area (Å²) in [5, 5.41) is 0. The average Bonchev–Trinajstić information content (AvgIpc) is 3.09. The van der Waals surface area contributed by atoms with E-state index in [-0.39, 0.29) is 0 Å². The van der Waals surface area contributed by atoms with Crippen molar-refractivity contribution in [3.05, 3.63) is 179 Å². The highest BCUT2D eigenvalue weighted by molar-refractivity contribution is 5.78. The minimum atomic E-state index is -5.73. The number of hydrogen-bond acceptors (Lipinski definition) is 2. The van der Waals surface area contributed by atoms with Crippen molar-refractivity contribution in [2.45, 2.75) is 45.5 Å². The van der Waals surface area contributed by atoms with Crippen molar-refractivity contribution in [3.8, 4) is 0 Å². The molecule has 0 atom stereocenters. The molecule has 0 fully saturated rings. The van der Waals surface area contributed by atoms with Gasteiger partial charge in [0.2, 0.25) is 5.41 Å². The second kappa shape index (κ2) is 13.7. The van der Waals surface area contributed by atoms with Crippen LogP contribution in [0.2, 0.25) is 0 Å². The van der Waals surface area contributed by atoms with E-state index in [9.17, 15) is 0 Å². The van der Waals surface area contributed by atoms with Gasteiger partial charge in [-0.1, -0.05) is 95.1 Å². The molecule has 2 nitrogen and oxygen atoms in total. The molecule has 0 amide bonds. The number of halogens is 6. The van der Waals surface area contributed by atoms with Gasteiger partial charge in [-0.05, 0) is 112 Å². The van der Waals surface area contributed by atoms with E-state index >= 15 is 26.3 Å². The van der Waals surface area contributed by atoms with E-state index < -0.39 is 28.9 Å². The molecule has 0 heterocycles. The van der Waals surface area contributed by atoms with Crippen molar-refractivity contribution in [1.82, 2.24) is 0 Å². The summed E-state index contributed by atoms with van der Waals surface area (Å²) in [6.07, 6.45) is -11.5. The van der Waals surface area contributed by atoms with Gasteiger partial charge in [-0.15, -0.1) is 0 Å². The summed E-state index contributed by atoms with van der Waals surface area (Å²) in [6, 6.07) is 39.0. The SMILES string of the molecule is Cc1ccc(N(c2ccc(C)cc2)c2ccc(C(c3ccc(N(c4ccc(C)cc4)c4ccc(C)cc4)cc3)(C(F)(F)F)C(F)(F)F)cc2)cc1. The number of alkyl halides is 6. The molecule has 0 radical (unpaired) electrons. The van der Waals surface area contributed by atoms with Gasteiger partial charge in [0.1, 0.15) is 0 Å². The van der Waals surface area contributed by atoms with E-state index in [2.05, 4.69) is 0 Å². The molecule has 0 N–H and O–H groups in total. The molecular weight excluding hydrogens is 658 g/mol. The highest BCUT2D eigenvalue weighted by Gasteiger charge is 2.72. The third kappa shape index (κ3) is 6.83. The summed E-state index contributed by atoms with van der Waals surface area (Å²) in [5.74, 6) is 0. The molecule has 0 aliphatic rings. The van der Waals surface area contributed by atoms with Crippen molar-refractivity contribution in [1.29, 1.82) is 0 Å². The Hall–Kier alpha value is -5.50. The fourth-order valence-electron chi connectivity index (χ4n) is 6.37. The zero-order valence-corrected chi connectivity index (χ0v) is 28.5. The molecule has 6 aromatic rings. The Labute approximate surface area is 294 Å². The van der Waals surface area contributed by atoms with Gasteiger partial charge in [-0.3, -0.25) is 0 Å². The number of nitrogens with zero attached hydrogens (tertiary/aromatic N) is 2. The minimum absolute atomic E-state index is 0.409. The van der Waals surface area contributed by atoms with Crippen LogP contribution in [0, 0.1) is 27.7 Å². The number of benzene rings is 6. The molecule has 0 spiro atoms. The lowest BCUT2D eigenvalue weighted by atomic mass is 9.72. The zero-order chi connectivity index (χ0) is 36.6. The fraction of sp³-hybridized carbons (Fsp3) is 0.163. The van der Waals surface area contributed by atoms with Gasteiger partial charge in [-0.25, -0.2) is 0 Å². The van der Waals surface area contributed by atoms with E-state index in [4.69, 9.17) is 0 Å². The van der Waals surface area contributed by atoms with Crippen LogP contribution < -0.4 is 9.80 Å². The molecule has 0 aliphatic heterocycles. The predicted molar refractivity (Wildman–Crippen MR) is 194 cm³/mol. The first-order valence-electron chi connectivity index (χ1n) is 16.4. The Kier molecular flexibility index (Phi) is 9.47. The topological polar surface area (TPSA) is 6.48 Å². The number of rotatable bonds is 8. The summed E-state index contributed by atoms with van der Waals surface area (Å²) < 4.78 is 91.4. The average molecular weight is 695 g/mol. The van der Waals surface area contributed by atoms with Crippen LogP contribution in [0.1, 0.15) is 33.4 Å². The molecule has 0 bridgehead atoms. The van der Waals surface area contributed by atoms with Crippen molar-refractivity contribution < 1.29 is 26.3 Å². The fourth-order valence-corrected chi connectivity index (χ4v) is 6.37. The standard InChI is InChI=1S/C43H36F6N2/c1-29-5-17-35(18-6-29)50(36-19-7-30(2)8-20-36)39-25-13-33(14-26-39)41(42(44,45)46,43(47,48)49)34-15-27-40(28-16-34)51(37-21-9-31(3)10-22-37)38-23-11-32(4)12-24-38/h5-28H,1-4H3. The Morgan fingerprint density at radius 1 is 0.294 bits per heavy atom. The van der Waals surface area contributed by atoms with E-state index in [0.717, 1.165) is 46.5 Å². The third-order valence-corrected chi connectivity index (χ3v) is 9.14. The monoisotopic (exact) mass is 694 g/mol. The highest BCUT2D eigenvalue weighted by Crippen LogP contribution is 2.57. The maximum atomic E-state index is 15.2. The predicted octanol–water partition coefficient (Wildman–Crippen LogP) is 13.3. The lowest BCUT2D eigenvalue weighted by Crippen LogP contribution is -2.54. The molecule has 6 rings (SSSR count). The van der Waals surface area contributed by atoms with Crippen LogP contribution in [0.4, 0.5) is 60.5 Å². The van der Waals surface area contributed by atoms with Gasteiger partial charge in [0.05, 0.1) is 0 Å². The smallest absolute Gasteiger partial charge is 0.311 e. The molecule has 0 aliphatic carbocycles. The maximum absolute atomic E-state index is 15.2. The van der Waals surface area contributed by atoms with Crippen LogP contribution in [0.25, 0.3) is 0 Å². The molecule has 0 unspecified atom stereocenters. The number of aryl methyl sites for hydroxylation is 4. The second-order valence-corrected chi connectivity index (χ2v) is 12.9. The van der Waals surface area contributed by atoms with Gasteiger partial charge in [-0.2, -0.15) is 26.3 Å². The van der Waals surface area contributed by atoms with Crippen LogP contribution in [-0.2, 0) is 5.41 Å². The van der Waals surface area contributed by atoms with Crippen LogP contribution in [0.3, 0.4) is 0 Å². The van der Waals surface area contributed by atoms with Gasteiger partial charge in [0, 0.05) is 34.1 Å². The molecule has 0 saturated carbocycles. The first-order valence-corrected chi connectivity index (χ1v) is 16.4. The Balaban J connectivity index is 1.47. The Morgan fingerprint density at radius 3 is 0.647 bits per heavy atom. The van der Waals surface area contributed by atoms with Crippen molar-refractivity contribution >= 4 is 34.1 Å².